The van der Waals surface area contributed by atoms with Gasteiger partial charge in [-0.25, -0.2) is 9.98 Å². The van der Waals surface area contributed by atoms with Gasteiger partial charge >= 0.3 is 0 Å². The molecule has 3 heterocycles. The van der Waals surface area contributed by atoms with Crippen LogP contribution in [0.4, 0.5) is 5.82 Å². The van der Waals surface area contributed by atoms with E-state index in [0.29, 0.717) is 12.0 Å². The van der Waals surface area contributed by atoms with Gasteiger partial charge in [-0.3, -0.25) is 0 Å². The van der Waals surface area contributed by atoms with Crippen LogP contribution in [0.5, 0.6) is 0 Å². The van der Waals surface area contributed by atoms with Gasteiger partial charge in [0, 0.05) is 43.3 Å². The van der Waals surface area contributed by atoms with Crippen LogP contribution in [0.25, 0.3) is 0 Å². The number of aromatic nitrogens is 1. The van der Waals surface area contributed by atoms with Crippen molar-refractivity contribution < 1.29 is 4.74 Å². The third-order valence-corrected chi connectivity index (χ3v) is 6.26. The maximum absolute atomic E-state index is 5.64. The number of morpholine rings is 1. The quantitative estimate of drug-likeness (QED) is 0.650. The summed E-state index contributed by atoms with van der Waals surface area (Å²) in [5.74, 6) is 2.02. The number of likely N-dealkylation sites (tertiary alicyclic amines) is 1. The predicted molar refractivity (Wildman–Crippen MR) is 111 cm³/mol. The van der Waals surface area contributed by atoms with E-state index in [1.54, 1.807) is 0 Å². The van der Waals surface area contributed by atoms with Crippen molar-refractivity contribution in [2.45, 2.75) is 59.7 Å². The van der Waals surface area contributed by atoms with E-state index in [9.17, 15) is 0 Å². The van der Waals surface area contributed by atoms with Gasteiger partial charge in [0.05, 0.1) is 19.3 Å². The van der Waals surface area contributed by atoms with Crippen molar-refractivity contribution in [2.24, 2.45) is 10.4 Å². The van der Waals surface area contributed by atoms with Crippen LogP contribution >= 0.6 is 0 Å². The number of hydrogen-bond acceptors (Lipinski definition) is 4. The summed E-state index contributed by atoms with van der Waals surface area (Å²) in [6.07, 6.45) is 2.14. The first kappa shape index (κ1) is 19.9. The van der Waals surface area contributed by atoms with Gasteiger partial charge in [0.25, 0.3) is 0 Å². The number of aliphatic imine (C=N–C) groups is 1. The lowest BCUT2D eigenvalue weighted by Gasteiger charge is -2.62. The molecule has 1 N–H and O–H groups in total. The minimum Gasteiger partial charge on any atom is -0.375 e. The lowest BCUT2D eigenvalue weighted by molar-refractivity contribution is -0.0667. The van der Waals surface area contributed by atoms with Gasteiger partial charge in [0.1, 0.15) is 5.82 Å². The molecule has 6 heteroatoms. The second-order valence-corrected chi connectivity index (χ2v) is 8.85. The van der Waals surface area contributed by atoms with E-state index in [0.717, 1.165) is 44.6 Å². The average molecular weight is 374 g/mol. The van der Waals surface area contributed by atoms with E-state index in [1.165, 1.54) is 5.56 Å². The largest absolute Gasteiger partial charge is 0.375 e. The Kier molecular flexibility index (Phi) is 5.65. The van der Waals surface area contributed by atoms with Crippen LogP contribution in [0.1, 0.15) is 47.1 Å². The number of pyridine rings is 1. The molecule has 0 aliphatic carbocycles. The summed E-state index contributed by atoms with van der Waals surface area (Å²) in [7, 11) is 0. The summed E-state index contributed by atoms with van der Waals surface area (Å²) in [6, 6.07) is 4.22. The Balaban J connectivity index is 1.72. The summed E-state index contributed by atoms with van der Waals surface area (Å²) < 4.78 is 5.64. The first-order valence-electron chi connectivity index (χ1n) is 10.1. The van der Waals surface area contributed by atoms with E-state index in [1.807, 2.05) is 6.20 Å². The Morgan fingerprint density at radius 3 is 2.78 bits per heavy atom. The Morgan fingerprint density at radius 2 is 2.15 bits per heavy atom. The Labute approximate surface area is 164 Å². The van der Waals surface area contributed by atoms with Gasteiger partial charge in [-0.15, -0.1) is 0 Å². The lowest BCUT2D eigenvalue weighted by atomic mass is 9.65. The summed E-state index contributed by atoms with van der Waals surface area (Å²) in [5, 5.41) is 3.47. The van der Waals surface area contributed by atoms with Crippen LogP contribution in [-0.4, -0.2) is 60.3 Å². The first-order valence-corrected chi connectivity index (χ1v) is 10.1. The number of rotatable bonds is 4. The maximum Gasteiger partial charge on any atom is 0.194 e. The van der Waals surface area contributed by atoms with E-state index in [-0.39, 0.29) is 11.6 Å². The molecule has 3 rings (SSSR count). The van der Waals surface area contributed by atoms with Crippen molar-refractivity contribution in [3.8, 4) is 0 Å². The number of nitrogens with one attached hydrogen (secondary N) is 1. The molecule has 2 aliphatic rings. The third kappa shape index (κ3) is 4.05. The van der Waals surface area contributed by atoms with Gasteiger partial charge < -0.3 is 19.9 Å². The smallest absolute Gasteiger partial charge is 0.194 e. The molecule has 0 amide bonds. The van der Waals surface area contributed by atoms with Gasteiger partial charge in [0.2, 0.25) is 0 Å². The highest BCUT2D eigenvalue weighted by atomic mass is 16.5. The predicted octanol–water partition coefficient (Wildman–Crippen LogP) is 2.89. The molecule has 0 bridgehead atoms. The van der Waals surface area contributed by atoms with Gasteiger partial charge in [-0.1, -0.05) is 13.8 Å². The number of hydrogen-bond donors (Lipinski definition) is 1. The van der Waals surface area contributed by atoms with Crippen LogP contribution in [0, 0.1) is 5.41 Å². The molecule has 0 spiro atoms. The minimum atomic E-state index is 0.0986. The van der Waals surface area contributed by atoms with Crippen molar-refractivity contribution in [3.63, 3.8) is 0 Å². The summed E-state index contributed by atoms with van der Waals surface area (Å²) in [6.45, 7) is 18.6. The van der Waals surface area contributed by atoms with Crippen molar-refractivity contribution in [1.29, 1.82) is 0 Å². The zero-order valence-electron chi connectivity index (χ0n) is 17.7. The lowest BCUT2D eigenvalue weighted by Crippen LogP contribution is -2.72. The SMILES string of the molecule is CCNC(=NCc1ccnc(N2CCOC(C)C2)c1)N1CC(C)(C)C1(C)C. The zero-order valence-corrected chi connectivity index (χ0v) is 17.7. The summed E-state index contributed by atoms with van der Waals surface area (Å²) >= 11 is 0. The molecule has 2 saturated heterocycles. The zero-order chi connectivity index (χ0) is 19.7. The summed E-state index contributed by atoms with van der Waals surface area (Å²) in [4.78, 5) is 14.2. The molecular weight excluding hydrogens is 338 g/mol. The molecule has 150 valence electrons. The molecule has 1 unspecified atom stereocenters. The van der Waals surface area contributed by atoms with Crippen molar-refractivity contribution in [1.82, 2.24) is 15.2 Å². The number of nitrogens with zero attached hydrogens (tertiary/aromatic N) is 4. The van der Waals surface area contributed by atoms with Crippen molar-refractivity contribution in [3.05, 3.63) is 23.9 Å². The summed E-state index contributed by atoms with van der Waals surface area (Å²) in [5.41, 5.74) is 1.58. The van der Waals surface area contributed by atoms with Gasteiger partial charge in [0.15, 0.2) is 5.96 Å². The first-order chi connectivity index (χ1) is 12.7. The topological polar surface area (TPSA) is 53.0 Å². The number of anilines is 1. The Morgan fingerprint density at radius 1 is 1.37 bits per heavy atom. The molecule has 1 aromatic rings. The van der Waals surface area contributed by atoms with Crippen molar-refractivity contribution in [2.75, 3.05) is 37.7 Å². The number of ether oxygens (including phenoxy) is 1. The Bertz CT molecular complexity index is 685. The molecule has 2 aliphatic heterocycles. The third-order valence-electron chi connectivity index (χ3n) is 6.26. The standard InChI is InChI=1S/C21H35N5O/c1-7-22-19(26-15-20(3,4)21(26,5)6)24-13-17-8-9-23-18(12-17)25-10-11-27-16(2)14-25/h8-9,12,16H,7,10-11,13-15H2,1-6H3,(H,22,24). The highest BCUT2D eigenvalue weighted by Gasteiger charge is 2.53. The van der Waals surface area contributed by atoms with Crippen LogP contribution < -0.4 is 10.2 Å². The van der Waals surface area contributed by atoms with E-state index < -0.39 is 0 Å². The molecule has 6 nitrogen and oxygen atoms in total. The van der Waals surface area contributed by atoms with Crippen LogP contribution in [0.2, 0.25) is 0 Å². The fraction of sp³-hybridized carbons (Fsp3) is 0.714. The molecule has 27 heavy (non-hydrogen) atoms. The van der Waals surface area contributed by atoms with E-state index in [4.69, 9.17) is 9.73 Å². The fourth-order valence-electron chi connectivity index (χ4n) is 3.72. The van der Waals surface area contributed by atoms with Gasteiger partial charge in [-0.05, 0) is 45.4 Å². The molecule has 0 radical (unpaired) electrons. The monoisotopic (exact) mass is 373 g/mol. The normalized spacial score (nSPS) is 24.5. The van der Waals surface area contributed by atoms with E-state index >= 15 is 0 Å². The van der Waals surface area contributed by atoms with Crippen LogP contribution in [0.3, 0.4) is 0 Å². The van der Waals surface area contributed by atoms with Crippen molar-refractivity contribution >= 4 is 11.8 Å². The van der Waals surface area contributed by atoms with Crippen LogP contribution in [0.15, 0.2) is 23.3 Å². The molecular formula is C21H35N5O. The molecule has 1 atom stereocenters. The van der Waals surface area contributed by atoms with E-state index in [2.05, 4.69) is 73.8 Å². The molecule has 2 fully saturated rings. The van der Waals surface area contributed by atoms with Gasteiger partial charge in [-0.2, -0.15) is 0 Å². The second kappa shape index (κ2) is 7.66. The molecule has 0 aromatic carbocycles. The fourth-order valence-corrected chi connectivity index (χ4v) is 3.72. The number of guanidine groups is 1. The highest BCUT2D eigenvalue weighted by Crippen LogP contribution is 2.46. The molecule has 1 aromatic heterocycles. The Hall–Kier alpha value is -1.82. The maximum atomic E-state index is 5.64. The van der Waals surface area contributed by atoms with Crippen LogP contribution in [-0.2, 0) is 11.3 Å². The minimum absolute atomic E-state index is 0.0986. The molecule has 0 saturated carbocycles. The average Bonchev–Trinajstić information content (AvgIpc) is 2.64. The second-order valence-electron chi connectivity index (χ2n) is 8.85. The highest BCUT2D eigenvalue weighted by molar-refractivity contribution is 5.82.